The Morgan fingerprint density at radius 1 is 1.21 bits per heavy atom. The maximum absolute atomic E-state index is 12.4. The minimum absolute atomic E-state index is 0.00375. The highest BCUT2D eigenvalue weighted by Crippen LogP contribution is 2.38. The molecule has 1 heterocycles. The number of nitrogens with zero attached hydrogens (tertiary/aromatic N) is 2. The van der Waals surface area contributed by atoms with Gasteiger partial charge in [0, 0.05) is 31.0 Å². The van der Waals surface area contributed by atoms with Crippen molar-refractivity contribution in [2.24, 2.45) is 11.8 Å². The summed E-state index contributed by atoms with van der Waals surface area (Å²) in [6.45, 7) is 4.19. The number of hydrogen-bond acceptors (Lipinski definition) is 5. The molecule has 1 saturated carbocycles. The second kappa shape index (κ2) is 8.99. The number of amides is 2. The number of hydrogen-bond donors (Lipinski definition) is 2. The summed E-state index contributed by atoms with van der Waals surface area (Å²) in [5, 5.41) is 9.89. The minimum atomic E-state index is -0.189. The van der Waals surface area contributed by atoms with Gasteiger partial charge in [-0.25, -0.2) is 0 Å². The van der Waals surface area contributed by atoms with Gasteiger partial charge < -0.3 is 15.2 Å². The van der Waals surface area contributed by atoms with Crippen molar-refractivity contribution in [3.05, 3.63) is 36.2 Å². The number of carbonyl (C=O) groups is 2. The van der Waals surface area contributed by atoms with Gasteiger partial charge in [0.05, 0.1) is 5.92 Å². The lowest BCUT2D eigenvalue weighted by atomic mass is 10.0. The van der Waals surface area contributed by atoms with E-state index in [1.807, 2.05) is 30.3 Å². The molecule has 1 aliphatic carbocycles. The topological polar surface area (TPSA) is 97.1 Å². The summed E-state index contributed by atoms with van der Waals surface area (Å²) >= 11 is 0. The molecule has 1 fully saturated rings. The van der Waals surface area contributed by atoms with Gasteiger partial charge in [-0.05, 0) is 25.2 Å². The van der Waals surface area contributed by atoms with Crippen LogP contribution in [0, 0.1) is 11.8 Å². The van der Waals surface area contributed by atoms with Gasteiger partial charge in [-0.15, -0.1) is 0 Å². The Kier molecular flexibility index (Phi) is 6.44. The van der Waals surface area contributed by atoms with Gasteiger partial charge in [0.25, 0.3) is 0 Å². The molecule has 0 unspecified atom stereocenters. The van der Waals surface area contributed by atoms with Crippen LogP contribution in [0.3, 0.4) is 0 Å². The van der Waals surface area contributed by atoms with E-state index in [1.165, 1.54) is 0 Å². The molecule has 1 aromatic carbocycles. The summed E-state index contributed by atoms with van der Waals surface area (Å²) in [7, 11) is 1.63. The van der Waals surface area contributed by atoms with Crippen molar-refractivity contribution in [2.45, 2.75) is 51.5 Å². The first-order valence-electron chi connectivity index (χ1n) is 9.88. The Balaban J connectivity index is 1.76. The fourth-order valence-electron chi connectivity index (χ4n) is 3.68. The molecule has 2 amide bonds. The smallest absolute Gasteiger partial charge is 0.232 e. The quantitative estimate of drug-likeness (QED) is 0.765. The first-order valence-corrected chi connectivity index (χ1v) is 9.88. The number of benzene rings is 1. The predicted molar refractivity (Wildman–Crippen MR) is 105 cm³/mol. The second-order valence-electron chi connectivity index (χ2n) is 7.82. The van der Waals surface area contributed by atoms with Crippen LogP contribution in [-0.4, -0.2) is 35.0 Å². The zero-order valence-corrected chi connectivity index (χ0v) is 16.6. The van der Waals surface area contributed by atoms with Crippen LogP contribution in [0.25, 0.3) is 11.4 Å². The second-order valence-corrected chi connectivity index (χ2v) is 7.82. The monoisotopic (exact) mass is 384 g/mol. The van der Waals surface area contributed by atoms with Crippen molar-refractivity contribution in [3.63, 3.8) is 0 Å². The Labute approximate surface area is 165 Å². The molecule has 1 aliphatic rings. The van der Waals surface area contributed by atoms with Gasteiger partial charge in [0.2, 0.25) is 23.5 Å². The molecule has 150 valence electrons. The SMILES string of the molecule is CNC(=O)[C@H]1C[C@H](NC(=O)CCC(C)C)[C@H](c2nc(-c3ccccc3)no2)C1. The first-order chi connectivity index (χ1) is 13.5. The third-order valence-corrected chi connectivity index (χ3v) is 5.27. The summed E-state index contributed by atoms with van der Waals surface area (Å²) in [6.07, 6.45) is 2.46. The Morgan fingerprint density at radius 3 is 2.64 bits per heavy atom. The zero-order chi connectivity index (χ0) is 20.1. The van der Waals surface area contributed by atoms with Gasteiger partial charge in [0.1, 0.15) is 0 Å². The lowest BCUT2D eigenvalue weighted by Gasteiger charge is -2.18. The molecule has 0 aliphatic heterocycles. The van der Waals surface area contributed by atoms with E-state index in [0.29, 0.717) is 36.9 Å². The van der Waals surface area contributed by atoms with E-state index in [0.717, 1.165) is 12.0 Å². The van der Waals surface area contributed by atoms with Gasteiger partial charge >= 0.3 is 0 Å². The normalized spacial score (nSPS) is 21.6. The summed E-state index contributed by atoms with van der Waals surface area (Å²) < 4.78 is 5.53. The molecule has 1 aromatic heterocycles. The van der Waals surface area contributed by atoms with Gasteiger partial charge in [-0.2, -0.15) is 4.98 Å². The third kappa shape index (κ3) is 4.77. The molecule has 28 heavy (non-hydrogen) atoms. The Morgan fingerprint density at radius 2 is 1.96 bits per heavy atom. The molecule has 3 atom stereocenters. The van der Waals surface area contributed by atoms with E-state index in [-0.39, 0.29) is 29.7 Å². The van der Waals surface area contributed by atoms with Crippen LogP contribution in [0.2, 0.25) is 0 Å². The van der Waals surface area contributed by atoms with E-state index < -0.39 is 0 Å². The largest absolute Gasteiger partial charge is 0.359 e. The van der Waals surface area contributed by atoms with Crippen molar-refractivity contribution < 1.29 is 14.1 Å². The number of nitrogens with one attached hydrogen (secondary N) is 2. The minimum Gasteiger partial charge on any atom is -0.359 e. The molecule has 3 rings (SSSR count). The molecular formula is C21H28N4O3. The maximum Gasteiger partial charge on any atom is 0.232 e. The van der Waals surface area contributed by atoms with Crippen molar-refractivity contribution in [3.8, 4) is 11.4 Å². The van der Waals surface area contributed by atoms with Crippen molar-refractivity contribution in [2.75, 3.05) is 7.05 Å². The fourth-order valence-corrected chi connectivity index (χ4v) is 3.68. The molecule has 2 aromatic rings. The van der Waals surface area contributed by atoms with Crippen molar-refractivity contribution in [1.29, 1.82) is 0 Å². The van der Waals surface area contributed by atoms with Crippen LogP contribution in [-0.2, 0) is 9.59 Å². The van der Waals surface area contributed by atoms with Gasteiger partial charge in [0.15, 0.2) is 0 Å². The molecule has 0 bridgehead atoms. The van der Waals surface area contributed by atoms with E-state index in [2.05, 4.69) is 34.6 Å². The van der Waals surface area contributed by atoms with Crippen LogP contribution in [0.5, 0.6) is 0 Å². The highest BCUT2D eigenvalue weighted by Gasteiger charge is 2.42. The molecule has 2 N–H and O–H groups in total. The zero-order valence-electron chi connectivity index (χ0n) is 16.6. The average molecular weight is 384 g/mol. The Hall–Kier alpha value is -2.70. The highest BCUT2D eigenvalue weighted by molar-refractivity contribution is 5.80. The van der Waals surface area contributed by atoms with E-state index in [1.54, 1.807) is 7.05 Å². The lowest BCUT2D eigenvalue weighted by molar-refractivity contribution is -0.125. The molecule has 7 nitrogen and oxygen atoms in total. The fraction of sp³-hybridized carbons (Fsp3) is 0.524. The maximum atomic E-state index is 12.4. The highest BCUT2D eigenvalue weighted by atomic mass is 16.5. The molecule has 0 saturated heterocycles. The molecule has 7 heteroatoms. The predicted octanol–water partition coefficient (Wildman–Crippen LogP) is 2.90. The summed E-state index contributed by atoms with van der Waals surface area (Å²) in [4.78, 5) is 29.1. The summed E-state index contributed by atoms with van der Waals surface area (Å²) in [6, 6.07) is 9.41. The molecular weight excluding hydrogens is 356 g/mol. The Bertz CT molecular complexity index is 803. The standard InChI is InChI=1S/C21H28N4O3/c1-13(2)9-10-18(26)23-17-12-15(20(27)22-3)11-16(17)21-24-19(25-28-21)14-7-5-4-6-8-14/h4-8,13,15-17H,9-12H2,1-3H3,(H,22,27)(H,23,26)/t15-,16-,17+/m1/s1. The number of aromatic nitrogens is 2. The lowest BCUT2D eigenvalue weighted by Crippen LogP contribution is -2.37. The average Bonchev–Trinajstić information content (AvgIpc) is 3.33. The van der Waals surface area contributed by atoms with E-state index in [4.69, 9.17) is 4.52 Å². The third-order valence-electron chi connectivity index (χ3n) is 5.27. The van der Waals surface area contributed by atoms with E-state index in [9.17, 15) is 9.59 Å². The van der Waals surface area contributed by atoms with Crippen LogP contribution in [0.15, 0.2) is 34.9 Å². The first kappa shape index (κ1) is 20.0. The number of carbonyl (C=O) groups excluding carboxylic acids is 2. The van der Waals surface area contributed by atoms with Crippen LogP contribution >= 0.6 is 0 Å². The molecule has 0 spiro atoms. The van der Waals surface area contributed by atoms with Gasteiger partial charge in [-0.1, -0.05) is 49.3 Å². The summed E-state index contributed by atoms with van der Waals surface area (Å²) in [5.41, 5.74) is 0.871. The van der Waals surface area contributed by atoms with Crippen molar-refractivity contribution in [1.82, 2.24) is 20.8 Å². The van der Waals surface area contributed by atoms with Crippen LogP contribution < -0.4 is 10.6 Å². The van der Waals surface area contributed by atoms with Gasteiger partial charge in [-0.3, -0.25) is 9.59 Å². The van der Waals surface area contributed by atoms with Crippen LogP contribution in [0.4, 0.5) is 0 Å². The number of rotatable bonds is 7. The molecule has 0 radical (unpaired) electrons. The van der Waals surface area contributed by atoms with Crippen molar-refractivity contribution >= 4 is 11.8 Å². The van der Waals surface area contributed by atoms with E-state index >= 15 is 0 Å². The van der Waals surface area contributed by atoms with Crippen LogP contribution in [0.1, 0.15) is 51.3 Å². The summed E-state index contributed by atoms with van der Waals surface area (Å²) in [5.74, 6) is 1.08.